The van der Waals surface area contributed by atoms with Crippen molar-refractivity contribution in [2.75, 3.05) is 20.3 Å². The van der Waals surface area contributed by atoms with Crippen LogP contribution in [0.25, 0.3) is 0 Å². The molecule has 1 fully saturated rings. The van der Waals surface area contributed by atoms with Crippen LogP contribution in [-0.2, 0) is 15.9 Å². The van der Waals surface area contributed by atoms with E-state index in [2.05, 4.69) is 5.43 Å². The lowest BCUT2D eigenvalue weighted by atomic mass is 9.83. The van der Waals surface area contributed by atoms with Crippen LogP contribution in [0.1, 0.15) is 18.4 Å². The summed E-state index contributed by atoms with van der Waals surface area (Å²) in [5.74, 6) is 5.46. The predicted molar refractivity (Wildman–Crippen MR) is 71.0 cm³/mol. The summed E-state index contributed by atoms with van der Waals surface area (Å²) in [7, 11) is 1.68. The van der Waals surface area contributed by atoms with Gasteiger partial charge in [-0.05, 0) is 18.1 Å². The molecule has 2 rings (SSSR count). The maximum atomic E-state index is 13.7. The summed E-state index contributed by atoms with van der Waals surface area (Å²) in [6, 6.07) is 6.62. The zero-order valence-corrected chi connectivity index (χ0v) is 11.2. The number of nitrogens with one attached hydrogen (secondary N) is 1. The Balaban J connectivity index is 2.17. The highest BCUT2D eigenvalue weighted by Gasteiger charge is 2.40. The molecule has 0 radical (unpaired) electrons. The van der Waals surface area contributed by atoms with E-state index in [0.717, 1.165) is 12.8 Å². The Bertz CT molecular complexity index is 408. The monoisotopic (exact) mass is 268 g/mol. The molecule has 1 aromatic carbocycles. The van der Waals surface area contributed by atoms with Crippen LogP contribution in [-0.4, -0.2) is 32.0 Å². The van der Waals surface area contributed by atoms with Gasteiger partial charge in [-0.1, -0.05) is 18.2 Å². The second-order valence-corrected chi connectivity index (χ2v) is 4.90. The lowest BCUT2D eigenvalue weighted by Crippen LogP contribution is -2.58. The molecule has 4 nitrogen and oxygen atoms in total. The van der Waals surface area contributed by atoms with Crippen molar-refractivity contribution in [3.8, 4) is 0 Å². The van der Waals surface area contributed by atoms with E-state index in [1.54, 1.807) is 19.2 Å². The molecule has 1 aliphatic rings. The summed E-state index contributed by atoms with van der Waals surface area (Å²) >= 11 is 0. The van der Waals surface area contributed by atoms with Crippen molar-refractivity contribution in [1.29, 1.82) is 0 Å². The first-order valence-electron chi connectivity index (χ1n) is 6.54. The van der Waals surface area contributed by atoms with Crippen LogP contribution in [0.4, 0.5) is 4.39 Å². The summed E-state index contributed by atoms with van der Waals surface area (Å²) in [4.78, 5) is 0. The van der Waals surface area contributed by atoms with Crippen LogP contribution < -0.4 is 11.3 Å². The average molecular weight is 268 g/mol. The minimum absolute atomic E-state index is 0.140. The first kappa shape index (κ1) is 14.4. The second kappa shape index (κ2) is 6.43. The molecular formula is C14H21FN2O2. The fourth-order valence-corrected chi connectivity index (χ4v) is 2.69. The normalized spacial score (nSPS) is 20.2. The second-order valence-electron chi connectivity index (χ2n) is 4.90. The summed E-state index contributed by atoms with van der Waals surface area (Å²) in [6.45, 7) is 1.28. The fraction of sp³-hybridized carbons (Fsp3) is 0.571. The van der Waals surface area contributed by atoms with E-state index in [-0.39, 0.29) is 11.9 Å². The van der Waals surface area contributed by atoms with Gasteiger partial charge in [0.25, 0.3) is 0 Å². The molecule has 1 saturated heterocycles. The van der Waals surface area contributed by atoms with Crippen molar-refractivity contribution in [2.24, 2.45) is 5.84 Å². The van der Waals surface area contributed by atoms with Gasteiger partial charge in [0.05, 0.1) is 11.6 Å². The summed E-state index contributed by atoms with van der Waals surface area (Å²) in [5.41, 5.74) is 3.05. The quantitative estimate of drug-likeness (QED) is 0.626. The lowest BCUT2D eigenvalue weighted by molar-refractivity contribution is -0.110. The number of methoxy groups -OCH3 is 1. The summed E-state index contributed by atoms with van der Waals surface area (Å²) < 4.78 is 24.8. The zero-order valence-electron chi connectivity index (χ0n) is 11.2. The van der Waals surface area contributed by atoms with E-state index in [4.69, 9.17) is 15.3 Å². The molecule has 106 valence electrons. The van der Waals surface area contributed by atoms with Crippen LogP contribution in [0.15, 0.2) is 24.3 Å². The maximum absolute atomic E-state index is 13.7. The molecule has 1 unspecified atom stereocenters. The molecule has 3 N–H and O–H groups in total. The van der Waals surface area contributed by atoms with Gasteiger partial charge in [-0.25, -0.2) is 4.39 Å². The molecule has 0 saturated carbocycles. The third kappa shape index (κ3) is 3.12. The van der Waals surface area contributed by atoms with Gasteiger partial charge in [-0.15, -0.1) is 0 Å². The number of hydrogen-bond acceptors (Lipinski definition) is 4. The van der Waals surface area contributed by atoms with E-state index >= 15 is 0 Å². The molecular weight excluding hydrogens is 247 g/mol. The van der Waals surface area contributed by atoms with Crippen LogP contribution in [0, 0.1) is 5.82 Å². The topological polar surface area (TPSA) is 56.5 Å². The van der Waals surface area contributed by atoms with Crippen molar-refractivity contribution < 1.29 is 13.9 Å². The number of benzene rings is 1. The molecule has 0 aromatic heterocycles. The molecule has 0 amide bonds. The number of hydrogen-bond donors (Lipinski definition) is 2. The van der Waals surface area contributed by atoms with Crippen molar-refractivity contribution in [1.82, 2.24) is 5.43 Å². The Morgan fingerprint density at radius 1 is 1.42 bits per heavy atom. The highest BCUT2D eigenvalue weighted by atomic mass is 19.1. The van der Waals surface area contributed by atoms with Crippen LogP contribution in [0.3, 0.4) is 0 Å². The molecule has 5 heteroatoms. The van der Waals surface area contributed by atoms with Crippen LogP contribution in [0.5, 0.6) is 0 Å². The van der Waals surface area contributed by atoms with E-state index in [1.165, 1.54) is 6.07 Å². The highest BCUT2D eigenvalue weighted by molar-refractivity contribution is 5.19. The van der Waals surface area contributed by atoms with E-state index in [1.807, 2.05) is 6.07 Å². The molecule has 1 aromatic rings. The Kier molecular flexibility index (Phi) is 4.87. The molecule has 0 spiro atoms. The first-order chi connectivity index (χ1) is 9.22. The van der Waals surface area contributed by atoms with Gasteiger partial charge in [0, 0.05) is 33.2 Å². The Labute approximate surface area is 113 Å². The molecule has 19 heavy (non-hydrogen) atoms. The molecule has 0 aliphatic carbocycles. The van der Waals surface area contributed by atoms with E-state index in [9.17, 15) is 4.39 Å². The van der Waals surface area contributed by atoms with Crippen LogP contribution >= 0.6 is 0 Å². The SMILES string of the molecule is COC1(C(Cc2ccccc2F)NN)CCOCC1. The van der Waals surface area contributed by atoms with Crippen molar-refractivity contribution in [3.63, 3.8) is 0 Å². The van der Waals surface area contributed by atoms with Gasteiger partial charge < -0.3 is 9.47 Å². The van der Waals surface area contributed by atoms with E-state index in [0.29, 0.717) is 25.2 Å². The average Bonchev–Trinajstić information content (AvgIpc) is 2.47. The molecule has 1 heterocycles. The molecule has 0 bridgehead atoms. The number of halogens is 1. The third-order valence-electron chi connectivity index (χ3n) is 3.96. The molecule has 1 atom stereocenters. The van der Waals surface area contributed by atoms with Gasteiger partial charge in [-0.3, -0.25) is 11.3 Å². The molecule has 1 aliphatic heterocycles. The largest absolute Gasteiger partial charge is 0.381 e. The standard InChI is InChI=1S/C14H21FN2O2/c1-18-14(6-8-19-9-7-14)13(17-16)10-11-4-2-3-5-12(11)15/h2-5,13,17H,6-10,16H2,1H3. The Morgan fingerprint density at radius 3 is 2.68 bits per heavy atom. The number of ether oxygens (including phenoxy) is 2. The minimum Gasteiger partial charge on any atom is -0.381 e. The van der Waals surface area contributed by atoms with Crippen molar-refractivity contribution in [2.45, 2.75) is 30.9 Å². The Morgan fingerprint density at radius 2 is 2.11 bits per heavy atom. The van der Waals surface area contributed by atoms with E-state index < -0.39 is 5.60 Å². The summed E-state index contributed by atoms with van der Waals surface area (Å²) in [6.07, 6.45) is 2.01. The smallest absolute Gasteiger partial charge is 0.126 e. The van der Waals surface area contributed by atoms with Gasteiger partial charge in [-0.2, -0.15) is 0 Å². The zero-order chi connectivity index (χ0) is 13.7. The van der Waals surface area contributed by atoms with Crippen molar-refractivity contribution in [3.05, 3.63) is 35.6 Å². The minimum atomic E-state index is -0.394. The van der Waals surface area contributed by atoms with Crippen molar-refractivity contribution >= 4 is 0 Å². The fourth-order valence-electron chi connectivity index (χ4n) is 2.69. The highest BCUT2D eigenvalue weighted by Crippen LogP contribution is 2.30. The maximum Gasteiger partial charge on any atom is 0.126 e. The van der Waals surface area contributed by atoms with Gasteiger partial charge in [0.1, 0.15) is 5.82 Å². The first-order valence-corrected chi connectivity index (χ1v) is 6.54. The number of hydrazine groups is 1. The van der Waals surface area contributed by atoms with Crippen LogP contribution in [0.2, 0.25) is 0 Å². The number of nitrogens with two attached hydrogens (primary N) is 1. The Hall–Kier alpha value is -1.01. The van der Waals surface area contributed by atoms with Gasteiger partial charge >= 0.3 is 0 Å². The third-order valence-corrected chi connectivity index (χ3v) is 3.96. The lowest BCUT2D eigenvalue weighted by Gasteiger charge is -2.42. The number of rotatable bonds is 5. The van der Waals surface area contributed by atoms with Gasteiger partial charge in [0.2, 0.25) is 0 Å². The summed E-state index contributed by atoms with van der Waals surface area (Å²) in [5, 5.41) is 0. The predicted octanol–water partition coefficient (Wildman–Crippen LogP) is 1.40. The van der Waals surface area contributed by atoms with Gasteiger partial charge in [0.15, 0.2) is 0 Å².